The first-order chi connectivity index (χ1) is 8.63. The Hall–Kier alpha value is -2.24. The maximum Gasteiger partial charge on any atom is 0.172 e. The molecule has 1 heterocycles. The predicted molar refractivity (Wildman–Crippen MR) is 64.5 cm³/mol. The highest BCUT2D eigenvalue weighted by atomic mass is 19.1. The van der Waals surface area contributed by atoms with Crippen LogP contribution in [0.4, 0.5) is 10.1 Å². The van der Waals surface area contributed by atoms with Crippen LogP contribution in [0.25, 0.3) is 0 Å². The van der Waals surface area contributed by atoms with Gasteiger partial charge in [-0.15, -0.1) is 0 Å². The van der Waals surface area contributed by atoms with Crippen molar-refractivity contribution in [3.05, 3.63) is 41.7 Å². The molecule has 1 aromatic heterocycles. The average Bonchev–Trinajstić information content (AvgIpc) is 2.79. The molecule has 0 saturated carbocycles. The van der Waals surface area contributed by atoms with E-state index in [-0.39, 0.29) is 23.5 Å². The van der Waals surface area contributed by atoms with E-state index in [0.29, 0.717) is 12.4 Å². The molecule has 0 aliphatic rings. The molecule has 94 valence electrons. The molecule has 0 amide bonds. The molecular formula is C12H13FN4O. The summed E-state index contributed by atoms with van der Waals surface area (Å²) in [6.45, 7) is 2.53. The van der Waals surface area contributed by atoms with Crippen LogP contribution in [0, 0.1) is 5.82 Å². The zero-order valence-electron chi connectivity index (χ0n) is 9.93. The molecular weight excluding hydrogens is 235 g/mol. The van der Waals surface area contributed by atoms with Crippen molar-refractivity contribution >= 4 is 11.5 Å². The lowest BCUT2D eigenvalue weighted by atomic mass is 10.1. The largest absolute Gasteiger partial charge is 0.396 e. The van der Waals surface area contributed by atoms with Crippen LogP contribution in [0.5, 0.6) is 0 Å². The standard InChI is InChI=1S/C12H13FN4O/c1-2-17-11(15-7-16-17)6-10(18)8-4-3-5-9(13)12(8)14/h3-5,7H,2,6,14H2,1H3. The summed E-state index contributed by atoms with van der Waals surface area (Å²) in [5.74, 6) is -0.307. The first kappa shape index (κ1) is 12.2. The molecule has 1 aromatic carbocycles. The molecule has 0 fully saturated rings. The van der Waals surface area contributed by atoms with Gasteiger partial charge in [-0.05, 0) is 19.1 Å². The van der Waals surface area contributed by atoms with Crippen LogP contribution < -0.4 is 5.73 Å². The summed E-state index contributed by atoms with van der Waals surface area (Å²) >= 11 is 0. The second-order valence-corrected chi connectivity index (χ2v) is 3.79. The van der Waals surface area contributed by atoms with Gasteiger partial charge >= 0.3 is 0 Å². The number of carbonyl (C=O) groups is 1. The van der Waals surface area contributed by atoms with E-state index in [1.165, 1.54) is 24.5 Å². The monoisotopic (exact) mass is 248 g/mol. The van der Waals surface area contributed by atoms with Crippen LogP contribution in [0.15, 0.2) is 24.5 Å². The Morgan fingerprint density at radius 2 is 2.28 bits per heavy atom. The lowest BCUT2D eigenvalue weighted by molar-refractivity contribution is 0.0990. The molecule has 2 rings (SSSR count). The maximum absolute atomic E-state index is 13.3. The number of nitrogens with two attached hydrogens (primary N) is 1. The van der Waals surface area contributed by atoms with Gasteiger partial charge in [-0.1, -0.05) is 6.07 Å². The number of carbonyl (C=O) groups excluding carboxylic acids is 1. The van der Waals surface area contributed by atoms with Gasteiger partial charge in [0.25, 0.3) is 0 Å². The van der Waals surface area contributed by atoms with Gasteiger partial charge in [0.1, 0.15) is 18.0 Å². The zero-order chi connectivity index (χ0) is 13.1. The van der Waals surface area contributed by atoms with Crippen LogP contribution in [0.3, 0.4) is 0 Å². The maximum atomic E-state index is 13.3. The lowest BCUT2D eigenvalue weighted by Gasteiger charge is -2.06. The lowest BCUT2D eigenvalue weighted by Crippen LogP contribution is -2.13. The first-order valence-electron chi connectivity index (χ1n) is 5.57. The highest BCUT2D eigenvalue weighted by molar-refractivity contribution is 6.01. The Morgan fingerprint density at radius 1 is 1.50 bits per heavy atom. The minimum absolute atomic E-state index is 0.0570. The summed E-state index contributed by atoms with van der Waals surface area (Å²) in [7, 11) is 0. The molecule has 2 N–H and O–H groups in total. The van der Waals surface area contributed by atoms with Crippen molar-refractivity contribution < 1.29 is 9.18 Å². The summed E-state index contributed by atoms with van der Waals surface area (Å²) in [5.41, 5.74) is 5.61. The second kappa shape index (κ2) is 4.95. The number of Topliss-reactive ketones (excluding diaryl/α,β-unsaturated/α-hetero) is 1. The highest BCUT2D eigenvalue weighted by Crippen LogP contribution is 2.17. The molecule has 6 heteroatoms. The number of nitrogens with zero attached hydrogens (tertiary/aromatic N) is 3. The van der Waals surface area contributed by atoms with Gasteiger partial charge in [0.2, 0.25) is 0 Å². The third-order valence-electron chi connectivity index (χ3n) is 2.67. The number of hydrogen-bond acceptors (Lipinski definition) is 4. The molecule has 18 heavy (non-hydrogen) atoms. The summed E-state index contributed by atoms with van der Waals surface area (Å²) in [4.78, 5) is 16.0. The predicted octanol–water partition coefficient (Wildman–Crippen LogP) is 1.44. The van der Waals surface area contributed by atoms with Gasteiger partial charge < -0.3 is 5.73 Å². The normalized spacial score (nSPS) is 10.6. The molecule has 0 radical (unpaired) electrons. The van der Waals surface area contributed by atoms with Crippen molar-refractivity contribution in [2.24, 2.45) is 0 Å². The Kier molecular flexibility index (Phi) is 3.36. The number of para-hydroxylation sites is 1. The number of benzene rings is 1. The van der Waals surface area contributed by atoms with Gasteiger partial charge in [0.05, 0.1) is 12.1 Å². The van der Waals surface area contributed by atoms with E-state index in [4.69, 9.17) is 5.73 Å². The summed E-state index contributed by atoms with van der Waals surface area (Å²) < 4.78 is 14.9. The zero-order valence-corrected chi connectivity index (χ0v) is 9.93. The van der Waals surface area contributed by atoms with Gasteiger partial charge in [-0.2, -0.15) is 5.10 Å². The Balaban J connectivity index is 2.25. The van der Waals surface area contributed by atoms with Crippen molar-refractivity contribution in [1.82, 2.24) is 14.8 Å². The molecule has 0 unspecified atom stereocenters. The third-order valence-corrected chi connectivity index (χ3v) is 2.67. The van der Waals surface area contributed by atoms with E-state index in [1.54, 1.807) is 4.68 Å². The van der Waals surface area contributed by atoms with Gasteiger partial charge in [0.15, 0.2) is 5.78 Å². The second-order valence-electron chi connectivity index (χ2n) is 3.79. The van der Waals surface area contributed by atoms with Crippen molar-refractivity contribution in [3.63, 3.8) is 0 Å². The Bertz CT molecular complexity index is 579. The molecule has 0 bridgehead atoms. The van der Waals surface area contributed by atoms with Gasteiger partial charge in [-0.3, -0.25) is 4.79 Å². The third kappa shape index (κ3) is 2.22. The summed E-state index contributed by atoms with van der Waals surface area (Å²) in [5, 5.41) is 3.97. The number of anilines is 1. The highest BCUT2D eigenvalue weighted by Gasteiger charge is 2.15. The number of ketones is 1. The number of rotatable bonds is 4. The molecule has 0 aliphatic carbocycles. The number of aromatic nitrogens is 3. The first-order valence-corrected chi connectivity index (χ1v) is 5.57. The van der Waals surface area contributed by atoms with E-state index in [1.807, 2.05) is 6.92 Å². The average molecular weight is 248 g/mol. The SMILES string of the molecule is CCn1ncnc1CC(=O)c1cccc(F)c1N. The molecule has 2 aromatic rings. The Morgan fingerprint density at radius 3 is 3.00 bits per heavy atom. The quantitative estimate of drug-likeness (QED) is 0.656. The number of aryl methyl sites for hydroxylation is 1. The minimum Gasteiger partial charge on any atom is -0.396 e. The van der Waals surface area contributed by atoms with Gasteiger partial charge in [-0.25, -0.2) is 14.1 Å². The van der Waals surface area contributed by atoms with E-state index < -0.39 is 5.82 Å². The summed E-state index contributed by atoms with van der Waals surface area (Å²) in [6.07, 6.45) is 1.45. The molecule has 5 nitrogen and oxygen atoms in total. The fraction of sp³-hybridized carbons (Fsp3) is 0.250. The number of halogens is 1. The molecule has 0 spiro atoms. The smallest absolute Gasteiger partial charge is 0.172 e. The van der Waals surface area contributed by atoms with Crippen molar-refractivity contribution in [2.75, 3.05) is 5.73 Å². The van der Waals surface area contributed by atoms with E-state index in [2.05, 4.69) is 10.1 Å². The van der Waals surface area contributed by atoms with E-state index >= 15 is 0 Å². The van der Waals surface area contributed by atoms with Crippen molar-refractivity contribution in [2.45, 2.75) is 19.9 Å². The van der Waals surface area contributed by atoms with Crippen LogP contribution in [0.1, 0.15) is 23.1 Å². The fourth-order valence-corrected chi connectivity index (χ4v) is 1.71. The van der Waals surface area contributed by atoms with Crippen molar-refractivity contribution in [1.29, 1.82) is 0 Å². The van der Waals surface area contributed by atoms with Crippen molar-refractivity contribution in [3.8, 4) is 0 Å². The number of nitrogen functional groups attached to an aromatic ring is 1. The fourth-order valence-electron chi connectivity index (χ4n) is 1.71. The minimum atomic E-state index is -0.585. The Labute approximate surface area is 103 Å². The van der Waals surface area contributed by atoms with Crippen LogP contribution in [0.2, 0.25) is 0 Å². The summed E-state index contributed by atoms with van der Waals surface area (Å²) in [6, 6.07) is 4.19. The molecule has 0 aliphatic heterocycles. The molecule has 0 atom stereocenters. The van der Waals surface area contributed by atoms with E-state index in [9.17, 15) is 9.18 Å². The molecule has 0 saturated heterocycles. The number of hydrogen-bond donors (Lipinski definition) is 1. The van der Waals surface area contributed by atoms with Crippen LogP contribution >= 0.6 is 0 Å². The van der Waals surface area contributed by atoms with E-state index in [0.717, 1.165) is 0 Å². The van der Waals surface area contributed by atoms with Gasteiger partial charge in [0, 0.05) is 12.1 Å². The van der Waals surface area contributed by atoms with Crippen LogP contribution in [-0.2, 0) is 13.0 Å². The van der Waals surface area contributed by atoms with Crippen LogP contribution in [-0.4, -0.2) is 20.5 Å². The topological polar surface area (TPSA) is 73.8 Å².